The van der Waals surface area contributed by atoms with E-state index in [-0.39, 0.29) is 35.9 Å². The zero-order valence-electron chi connectivity index (χ0n) is 15.9. The third kappa shape index (κ3) is 1.62. The highest BCUT2D eigenvalue weighted by molar-refractivity contribution is 5.95. The second-order valence-corrected chi connectivity index (χ2v) is 10.2. The summed E-state index contributed by atoms with van der Waals surface area (Å²) in [6.45, 7) is 7.99. The molecule has 4 saturated carbocycles. The maximum atomic E-state index is 13.4. The molecular formula is C21H28O6. The van der Waals surface area contributed by atoms with Crippen LogP contribution < -0.4 is 0 Å². The maximum Gasteiger partial charge on any atom is 0.208 e. The minimum absolute atomic E-state index is 0.000139. The van der Waals surface area contributed by atoms with Crippen molar-refractivity contribution in [3.05, 3.63) is 12.2 Å². The zero-order valence-corrected chi connectivity index (χ0v) is 15.9. The molecule has 0 aromatic carbocycles. The average Bonchev–Trinajstić information content (AvgIpc) is 2.58. The van der Waals surface area contributed by atoms with Gasteiger partial charge >= 0.3 is 0 Å². The topological polar surface area (TPSA) is 104 Å². The highest BCUT2D eigenvalue weighted by Crippen LogP contribution is 2.74. The van der Waals surface area contributed by atoms with E-state index in [1.807, 2.05) is 13.8 Å². The second kappa shape index (κ2) is 4.90. The van der Waals surface area contributed by atoms with Crippen LogP contribution in [0.4, 0.5) is 0 Å². The first-order valence-corrected chi connectivity index (χ1v) is 10.0. The van der Waals surface area contributed by atoms with Crippen molar-refractivity contribution >= 4 is 11.6 Å². The van der Waals surface area contributed by atoms with Crippen LogP contribution in [-0.2, 0) is 14.3 Å². The van der Waals surface area contributed by atoms with Crippen LogP contribution in [0.3, 0.4) is 0 Å². The summed E-state index contributed by atoms with van der Waals surface area (Å²) in [4.78, 5) is 26.7. The number of hydrogen-bond donors (Lipinski definition) is 3. The molecule has 6 aliphatic rings. The van der Waals surface area contributed by atoms with Crippen molar-refractivity contribution in [2.45, 2.75) is 63.9 Å². The van der Waals surface area contributed by atoms with Crippen LogP contribution >= 0.6 is 0 Å². The molecule has 4 bridgehead atoms. The van der Waals surface area contributed by atoms with Crippen molar-refractivity contribution < 1.29 is 29.6 Å². The molecule has 4 aliphatic carbocycles. The Bertz CT molecular complexity index is 773. The Balaban J connectivity index is 1.80. The summed E-state index contributed by atoms with van der Waals surface area (Å²) in [6.07, 6.45) is -0.371. The fraction of sp³-hybridized carbons (Fsp3) is 0.810. The smallest absolute Gasteiger partial charge is 0.208 e. The molecule has 3 N–H and O–H groups in total. The molecule has 6 heteroatoms. The summed E-state index contributed by atoms with van der Waals surface area (Å²) in [5.41, 5.74) is -2.41. The lowest BCUT2D eigenvalue weighted by Gasteiger charge is -2.75. The number of Topliss-reactive ketones (excluding diaryl/α,β-unsaturated/α-hetero) is 2. The van der Waals surface area contributed by atoms with Gasteiger partial charge in [0.2, 0.25) is 5.79 Å². The maximum absolute atomic E-state index is 13.4. The molecule has 6 fully saturated rings. The van der Waals surface area contributed by atoms with E-state index in [2.05, 4.69) is 6.58 Å². The first-order chi connectivity index (χ1) is 12.5. The molecule has 0 aromatic rings. The largest absolute Gasteiger partial charge is 0.391 e. The predicted molar refractivity (Wildman–Crippen MR) is 94.3 cm³/mol. The molecule has 0 amide bonds. The van der Waals surface area contributed by atoms with Crippen LogP contribution in [0, 0.1) is 34.0 Å². The van der Waals surface area contributed by atoms with Gasteiger partial charge in [-0.15, -0.1) is 0 Å². The van der Waals surface area contributed by atoms with Crippen LogP contribution in [0.2, 0.25) is 0 Å². The summed E-state index contributed by atoms with van der Waals surface area (Å²) in [7, 11) is 0. The number of aliphatic hydroxyl groups excluding tert-OH is 2. The van der Waals surface area contributed by atoms with Gasteiger partial charge in [0.25, 0.3) is 0 Å². The van der Waals surface area contributed by atoms with E-state index in [1.54, 1.807) is 0 Å². The lowest BCUT2D eigenvalue weighted by atomic mass is 9.33. The SMILES string of the molecule is C=C1CC(=O)[C@]23[C@H](O)[C@H]1CC[C@H]2[C@@]12CO[C@]3(O)[C@@H](O)[C@@H]1C(C)(C)CCC2=O. The summed E-state index contributed by atoms with van der Waals surface area (Å²) in [5, 5.41) is 34.3. The minimum Gasteiger partial charge on any atom is -0.391 e. The third-order valence-corrected chi connectivity index (χ3v) is 8.91. The van der Waals surface area contributed by atoms with Crippen molar-refractivity contribution in [3.8, 4) is 0 Å². The molecule has 6 nitrogen and oxygen atoms in total. The number of fused-ring (bicyclic) bond motifs is 2. The van der Waals surface area contributed by atoms with E-state index < -0.39 is 40.7 Å². The van der Waals surface area contributed by atoms with Crippen molar-refractivity contribution in [2.75, 3.05) is 6.61 Å². The van der Waals surface area contributed by atoms with Gasteiger partial charge in [0.05, 0.1) is 18.1 Å². The summed E-state index contributed by atoms with van der Waals surface area (Å²) < 4.78 is 5.80. The molecular weight excluding hydrogens is 348 g/mol. The van der Waals surface area contributed by atoms with Gasteiger partial charge in [-0.05, 0) is 30.6 Å². The van der Waals surface area contributed by atoms with Crippen molar-refractivity contribution in [3.63, 3.8) is 0 Å². The van der Waals surface area contributed by atoms with Crippen LogP contribution in [-0.4, -0.2) is 51.5 Å². The molecule has 0 radical (unpaired) electrons. The van der Waals surface area contributed by atoms with Crippen LogP contribution in [0.1, 0.15) is 46.0 Å². The van der Waals surface area contributed by atoms with Crippen LogP contribution in [0.5, 0.6) is 0 Å². The predicted octanol–water partition coefficient (Wildman–Crippen LogP) is 0.974. The fourth-order valence-corrected chi connectivity index (χ4v) is 7.84. The number of rotatable bonds is 0. The Kier molecular flexibility index (Phi) is 3.27. The van der Waals surface area contributed by atoms with Crippen molar-refractivity contribution in [1.82, 2.24) is 0 Å². The number of carbonyl (C=O) groups is 2. The molecule has 27 heavy (non-hydrogen) atoms. The zero-order chi connectivity index (χ0) is 19.6. The van der Waals surface area contributed by atoms with Crippen molar-refractivity contribution in [1.29, 1.82) is 0 Å². The Morgan fingerprint density at radius 1 is 1.11 bits per heavy atom. The van der Waals surface area contributed by atoms with Crippen LogP contribution in [0.15, 0.2) is 12.2 Å². The number of carbonyl (C=O) groups excluding carboxylic acids is 2. The molecule has 148 valence electrons. The number of ether oxygens (including phenoxy) is 1. The molecule has 2 heterocycles. The summed E-state index contributed by atoms with van der Waals surface area (Å²) in [6, 6.07) is 0. The third-order valence-electron chi connectivity index (χ3n) is 8.91. The van der Waals surface area contributed by atoms with E-state index in [0.717, 1.165) is 0 Å². The van der Waals surface area contributed by atoms with Gasteiger partial charge in [-0.25, -0.2) is 0 Å². The normalized spacial score (nSPS) is 55.9. The summed E-state index contributed by atoms with van der Waals surface area (Å²) >= 11 is 0. The molecule has 2 spiro atoms. The Morgan fingerprint density at radius 2 is 1.81 bits per heavy atom. The highest BCUT2D eigenvalue weighted by atomic mass is 16.6. The van der Waals surface area contributed by atoms with E-state index in [1.165, 1.54) is 0 Å². The lowest BCUT2D eigenvalue weighted by Crippen LogP contribution is -2.87. The van der Waals surface area contributed by atoms with Gasteiger partial charge in [-0.3, -0.25) is 9.59 Å². The molecule has 6 rings (SSSR count). The molecule has 2 saturated heterocycles. The highest BCUT2D eigenvalue weighted by Gasteiger charge is 2.85. The standard InChI is InChI=1S/C21H28O6/c1-10-8-14(23)20-12(5-4-11(10)16(20)24)19-9-27-21(20,26)17(25)15(19)18(2,3)7-6-13(19)22/h11-12,15-17,24-26H,1,4-9H2,2-3H3/t11-,12-,15+,16+,17-,19+,20-,21+/m0/s1. The summed E-state index contributed by atoms with van der Waals surface area (Å²) in [5.74, 6) is -3.86. The van der Waals surface area contributed by atoms with Crippen molar-refractivity contribution in [2.24, 2.45) is 34.0 Å². The molecule has 8 atom stereocenters. The minimum atomic E-state index is -2.17. The first kappa shape index (κ1) is 18.0. The van der Waals surface area contributed by atoms with Gasteiger partial charge in [-0.1, -0.05) is 26.0 Å². The quantitative estimate of drug-likeness (QED) is 0.545. The van der Waals surface area contributed by atoms with E-state index in [4.69, 9.17) is 4.74 Å². The number of hydrogen-bond acceptors (Lipinski definition) is 6. The monoisotopic (exact) mass is 376 g/mol. The number of ketones is 2. The van der Waals surface area contributed by atoms with E-state index in [9.17, 15) is 24.9 Å². The van der Waals surface area contributed by atoms with Gasteiger partial charge in [-0.2, -0.15) is 0 Å². The average molecular weight is 376 g/mol. The Labute approximate surface area is 158 Å². The van der Waals surface area contributed by atoms with Gasteiger partial charge in [0.15, 0.2) is 5.78 Å². The Hall–Kier alpha value is -1.08. The fourth-order valence-electron chi connectivity index (χ4n) is 7.84. The second-order valence-electron chi connectivity index (χ2n) is 10.2. The first-order valence-electron chi connectivity index (χ1n) is 10.0. The molecule has 0 aromatic heterocycles. The van der Waals surface area contributed by atoms with Gasteiger partial charge < -0.3 is 20.1 Å². The molecule has 0 unspecified atom stereocenters. The van der Waals surface area contributed by atoms with E-state index >= 15 is 0 Å². The van der Waals surface area contributed by atoms with Gasteiger partial charge in [0.1, 0.15) is 17.3 Å². The number of aliphatic hydroxyl groups is 3. The molecule has 2 aliphatic heterocycles. The van der Waals surface area contributed by atoms with Crippen LogP contribution in [0.25, 0.3) is 0 Å². The van der Waals surface area contributed by atoms with Gasteiger partial charge in [0, 0.05) is 24.7 Å². The lowest BCUT2D eigenvalue weighted by molar-refractivity contribution is -0.442. The Morgan fingerprint density at radius 3 is 2.52 bits per heavy atom. The van der Waals surface area contributed by atoms with E-state index in [0.29, 0.717) is 31.3 Å².